The molecule has 0 bridgehead atoms. The van der Waals surface area contributed by atoms with E-state index in [4.69, 9.17) is 10.5 Å². The normalized spacial score (nSPS) is 14.7. The molecule has 1 rings (SSSR count). The molecule has 0 saturated carbocycles. The van der Waals surface area contributed by atoms with Crippen molar-refractivity contribution in [3.8, 4) is 5.75 Å². The largest absolute Gasteiger partial charge is 0.497 e. The zero-order chi connectivity index (χ0) is 11.4. The molecule has 1 aromatic carbocycles. The molecule has 4 heteroatoms. The van der Waals surface area contributed by atoms with Gasteiger partial charge in [-0.2, -0.15) is 0 Å². The van der Waals surface area contributed by atoms with Crippen molar-refractivity contribution in [1.29, 1.82) is 0 Å². The quantitative estimate of drug-likeness (QED) is 0.885. The van der Waals surface area contributed by atoms with Crippen molar-refractivity contribution < 1.29 is 9.84 Å². The Kier molecular flexibility index (Phi) is 4.57. The molecule has 0 fully saturated rings. The number of hydrogen-bond acceptors (Lipinski definition) is 3. The van der Waals surface area contributed by atoms with Gasteiger partial charge >= 0.3 is 0 Å². The zero-order valence-corrected chi connectivity index (χ0v) is 10.5. The molecular weight excluding hydrogens is 258 g/mol. The highest BCUT2D eigenvalue weighted by Gasteiger charge is 2.18. The summed E-state index contributed by atoms with van der Waals surface area (Å²) in [5.41, 5.74) is 6.56. The van der Waals surface area contributed by atoms with Gasteiger partial charge in [-0.25, -0.2) is 0 Å². The van der Waals surface area contributed by atoms with Crippen LogP contribution in [0.5, 0.6) is 5.75 Å². The van der Waals surface area contributed by atoms with Gasteiger partial charge in [-0.15, -0.1) is 0 Å². The molecule has 1 aromatic rings. The summed E-state index contributed by atoms with van der Waals surface area (Å²) in [7, 11) is 1.60. The predicted octanol–water partition coefficient (Wildman–Crippen LogP) is 2.23. The minimum Gasteiger partial charge on any atom is -0.497 e. The molecular formula is C11H16BrNO2. The van der Waals surface area contributed by atoms with Crippen LogP contribution in [0.25, 0.3) is 0 Å². The highest BCUT2D eigenvalue weighted by molar-refractivity contribution is 9.10. The molecule has 0 aliphatic heterocycles. The summed E-state index contributed by atoms with van der Waals surface area (Å²) in [5.74, 6) is 0.718. The second-order valence-electron chi connectivity index (χ2n) is 3.40. The summed E-state index contributed by atoms with van der Waals surface area (Å²) >= 11 is 3.39. The first-order valence-electron chi connectivity index (χ1n) is 4.87. The zero-order valence-electron chi connectivity index (χ0n) is 8.90. The fourth-order valence-electron chi connectivity index (χ4n) is 1.33. The molecule has 0 aliphatic rings. The number of nitrogens with two attached hydrogens (primary N) is 1. The van der Waals surface area contributed by atoms with E-state index in [1.165, 1.54) is 0 Å². The minimum atomic E-state index is -0.667. The van der Waals surface area contributed by atoms with Crippen molar-refractivity contribution in [2.45, 2.75) is 25.5 Å². The number of aliphatic hydroxyl groups excluding tert-OH is 1. The van der Waals surface area contributed by atoms with Gasteiger partial charge in [-0.05, 0) is 30.2 Å². The monoisotopic (exact) mass is 273 g/mol. The Morgan fingerprint density at radius 3 is 2.73 bits per heavy atom. The molecule has 3 nitrogen and oxygen atoms in total. The smallest absolute Gasteiger partial charge is 0.119 e. The first kappa shape index (κ1) is 12.5. The van der Waals surface area contributed by atoms with Crippen LogP contribution in [0.2, 0.25) is 0 Å². The molecule has 0 heterocycles. The van der Waals surface area contributed by atoms with E-state index in [0.717, 1.165) is 22.2 Å². The average molecular weight is 274 g/mol. The molecule has 15 heavy (non-hydrogen) atoms. The van der Waals surface area contributed by atoms with Crippen LogP contribution in [0.1, 0.15) is 25.0 Å². The van der Waals surface area contributed by atoms with Crippen LogP contribution >= 0.6 is 15.9 Å². The van der Waals surface area contributed by atoms with Crippen LogP contribution in [-0.4, -0.2) is 18.3 Å². The van der Waals surface area contributed by atoms with Crippen molar-refractivity contribution in [2.24, 2.45) is 5.73 Å². The van der Waals surface area contributed by atoms with Gasteiger partial charge in [0.15, 0.2) is 0 Å². The highest BCUT2D eigenvalue weighted by Crippen LogP contribution is 2.29. The molecule has 3 N–H and O–H groups in total. The summed E-state index contributed by atoms with van der Waals surface area (Å²) in [6.07, 6.45) is 0.0598. The molecule has 84 valence electrons. The lowest BCUT2D eigenvalue weighted by atomic mass is 10.0. The lowest BCUT2D eigenvalue weighted by molar-refractivity contribution is 0.143. The summed E-state index contributed by atoms with van der Waals surface area (Å²) in [5, 5.41) is 9.98. The van der Waals surface area contributed by atoms with Crippen LogP contribution in [0.15, 0.2) is 22.7 Å². The third kappa shape index (κ3) is 2.93. The van der Waals surface area contributed by atoms with Crippen molar-refractivity contribution in [2.75, 3.05) is 7.11 Å². The Hall–Kier alpha value is -0.580. The summed E-state index contributed by atoms with van der Waals surface area (Å²) in [6, 6.07) is 5.22. The number of methoxy groups -OCH3 is 1. The van der Waals surface area contributed by atoms with E-state index in [1.54, 1.807) is 13.2 Å². The van der Waals surface area contributed by atoms with Crippen LogP contribution < -0.4 is 10.5 Å². The van der Waals surface area contributed by atoms with Crippen LogP contribution in [0.4, 0.5) is 0 Å². The van der Waals surface area contributed by atoms with E-state index in [1.807, 2.05) is 19.1 Å². The van der Waals surface area contributed by atoms with Gasteiger partial charge in [-0.1, -0.05) is 22.9 Å². The summed E-state index contributed by atoms with van der Waals surface area (Å²) < 4.78 is 5.95. The highest BCUT2D eigenvalue weighted by atomic mass is 79.9. The predicted molar refractivity (Wildman–Crippen MR) is 63.9 cm³/mol. The SMILES string of the molecule is CCC(N)C(O)c1cc(OC)ccc1Br. The second-order valence-corrected chi connectivity index (χ2v) is 4.26. The van der Waals surface area contributed by atoms with Crippen LogP contribution in [0.3, 0.4) is 0 Å². The van der Waals surface area contributed by atoms with Crippen LogP contribution in [-0.2, 0) is 0 Å². The lowest BCUT2D eigenvalue weighted by Gasteiger charge is -2.19. The molecule has 2 atom stereocenters. The molecule has 0 spiro atoms. The maximum Gasteiger partial charge on any atom is 0.119 e. The number of hydrogen-bond donors (Lipinski definition) is 2. The summed E-state index contributed by atoms with van der Waals surface area (Å²) in [4.78, 5) is 0. The van der Waals surface area contributed by atoms with E-state index < -0.39 is 6.10 Å². The van der Waals surface area contributed by atoms with E-state index in [-0.39, 0.29) is 6.04 Å². The molecule has 0 amide bonds. The van der Waals surface area contributed by atoms with E-state index in [9.17, 15) is 5.11 Å². The fourth-order valence-corrected chi connectivity index (χ4v) is 1.81. The topological polar surface area (TPSA) is 55.5 Å². The van der Waals surface area contributed by atoms with Gasteiger partial charge in [0.2, 0.25) is 0 Å². The maximum absolute atomic E-state index is 9.98. The molecule has 0 saturated heterocycles. The first-order valence-corrected chi connectivity index (χ1v) is 5.66. The Morgan fingerprint density at radius 1 is 1.53 bits per heavy atom. The van der Waals surface area contributed by atoms with E-state index >= 15 is 0 Å². The van der Waals surface area contributed by atoms with Gasteiger partial charge in [0, 0.05) is 10.5 Å². The van der Waals surface area contributed by atoms with Gasteiger partial charge in [-0.3, -0.25) is 0 Å². The van der Waals surface area contributed by atoms with Gasteiger partial charge in [0.05, 0.1) is 13.2 Å². The van der Waals surface area contributed by atoms with Gasteiger partial charge in [0.25, 0.3) is 0 Å². The molecule has 0 aliphatic carbocycles. The number of benzene rings is 1. The third-order valence-electron chi connectivity index (χ3n) is 2.40. The Bertz CT molecular complexity index is 330. The second kappa shape index (κ2) is 5.49. The Morgan fingerprint density at radius 2 is 2.20 bits per heavy atom. The molecule has 0 radical (unpaired) electrons. The van der Waals surface area contributed by atoms with E-state index in [0.29, 0.717) is 0 Å². The Balaban J connectivity index is 3.01. The van der Waals surface area contributed by atoms with Crippen molar-refractivity contribution in [3.63, 3.8) is 0 Å². The third-order valence-corrected chi connectivity index (χ3v) is 3.12. The Labute approximate surface area is 98.4 Å². The van der Waals surface area contributed by atoms with Crippen molar-refractivity contribution in [3.05, 3.63) is 28.2 Å². The van der Waals surface area contributed by atoms with E-state index in [2.05, 4.69) is 15.9 Å². The fraction of sp³-hybridized carbons (Fsp3) is 0.455. The average Bonchev–Trinajstić information content (AvgIpc) is 2.27. The lowest BCUT2D eigenvalue weighted by Crippen LogP contribution is -2.27. The summed E-state index contributed by atoms with van der Waals surface area (Å²) in [6.45, 7) is 1.95. The molecule has 2 unspecified atom stereocenters. The number of aliphatic hydroxyl groups is 1. The number of rotatable bonds is 4. The van der Waals surface area contributed by atoms with Crippen LogP contribution in [0, 0.1) is 0 Å². The number of halogens is 1. The minimum absolute atomic E-state index is 0.256. The molecule has 0 aromatic heterocycles. The van der Waals surface area contributed by atoms with Gasteiger partial charge in [0.1, 0.15) is 5.75 Å². The van der Waals surface area contributed by atoms with Crippen molar-refractivity contribution >= 4 is 15.9 Å². The first-order chi connectivity index (χ1) is 7.10. The van der Waals surface area contributed by atoms with Crippen molar-refractivity contribution in [1.82, 2.24) is 0 Å². The standard InChI is InChI=1S/C11H16BrNO2/c1-3-10(13)11(14)8-6-7(15-2)4-5-9(8)12/h4-6,10-11,14H,3,13H2,1-2H3. The van der Waals surface area contributed by atoms with Gasteiger partial charge < -0.3 is 15.6 Å². The maximum atomic E-state index is 9.98. The number of ether oxygens (including phenoxy) is 1.